The summed E-state index contributed by atoms with van der Waals surface area (Å²) in [5, 5.41) is 6.58. The fraction of sp³-hybridized carbons (Fsp3) is 0.350. The van der Waals surface area contributed by atoms with Crippen molar-refractivity contribution in [1.29, 1.82) is 0 Å². The minimum Gasteiger partial charge on any atom is -0.497 e. The van der Waals surface area contributed by atoms with Gasteiger partial charge in [-0.05, 0) is 43.2 Å². The number of benzene rings is 2. The molecule has 0 unspecified atom stereocenters. The Morgan fingerprint density at radius 3 is 2.38 bits per heavy atom. The maximum Gasteiger partial charge on any atom is 0.195 e. The normalized spacial score (nSPS) is 11.0. The molecule has 0 saturated heterocycles. The van der Waals surface area contributed by atoms with Crippen molar-refractivity contribution in [1.82, 2.24) is 5.32 Å². The van der Waals surface area contributed by atoms with Gasteiger partial charge in [0, 0.05) is 25.3 Å². The van der Waals surface area contributed by atoms with Crippen LogP contribution in [0.25, 0.3) is 0 Å². The van der Waals surface area contributed by atoms with E-state index in [0.29, 0.717) is 24.1 Å². The van der Waals surface area contributed by atoms with Gasteiger partial charge in [0.1, 0.15) is 5.75 Å². The van der Waals surface area contributed by atoms with Crippen LogP contribution in [-0.4, -0.2) is 40.4 Å². The molecule has 0 aliphatic carbocycles. The lowest BCUT2D eigenvalue weighted by atomic mass is 10.1. The first-order valence-corrected chi connectivity index (χ1v) is 8.61. The number of hydrogen-bond donors (Lipinski definition) is 2. The van der Waals surface area contributed by atoms with E-state index in [1.165, 1.54) is 5.56 Å². The molecule has 2 aromatic rings. The summed E-state index contributed by atoms with van der Waals surface area (Å²) in [5.74, 6) is 2.98. The number of aliphatic imine (C=N–C) groups is 1. The van der Waals surface area contributed by atoms with Gasteiger partial charge < -0.3 is 24.8 Å². The van der Waals surface area contributed by atoms with Crippen molar-refractivity contribution in [3.8, 4) is 17.2 Å². The van der Waals surface area contributed by atoms with E-state index >= 15 is 0 Å². The van der Waals surface area contributed by atoms with E-state index < -0.39 is 0 Å². The number of anilines is 1. The number of hydrogen-bond acceptors (Lipinski definition) is 4. The zero-order chi connectivity index (χ0) is 18.8. The van der Waals surface area contributed by atoms with Gasteiger partial charge in [0.25, 0.3) is 0 Å². The van der Waals surface area contributed by atoms with Crippen molar-refractivity contribution in [2.24, 2.45) is 4.99 Å². The van der Waals surface area contributed by atoms with Crippen molar-refractivity contribution in [3.63, 3.8) is 0 Å². The van der Waals surface area contributed by atoms with Crippen LogP contribution in [0.15, 0.2) is 47.5 Å². The molecule has 0 heterocycles. The Morgan fingerprint density at radius 1 is 1.00 bits per heavy atom. The molecular formula is C20H27N3O3. The van der Waals surface area contributed by atoms with E-state index in [1.54, 1.807) is 21.3 Å². The Kier molecular flexibility index (Phi) is 7.61. The second-order valence-corrected chi connectivity index (χ2v) is 5.52. The Balaban J connectivity index is 1.91. The van der Waals surface area contributed by atoms with E-state index in [1.807, 2.05) is 37.3 Å². The smallest absolute Gasteiger partial charge is 0.195 e. The molecule has 0 aromatic heterocycles. The molecular weight excluding hydrogens is 330 g/mol. The van der Waals surface area contributed by atoms with Gasteiger partial charge in [0.15, 0.2) is 17.5 Å². The maximum atomic E-state index is 5.61. The molecule has 6 nitrogen and oxygen atoms in total. The molecule has 0 bridgehead atoms. The molecule has 0 fully saturated rings. The topological polar surface area (TPSA) is 64.1 Å². The lowest BCUT2D eigenvalue weighted by Crippen LogP contribution is -2.32. The van der Waals surface area contributed by atoms with Crippen LogP contribution in [0, 0.1) is 0 Å². The maximum absolute atomic E-state index is 5.61. The highest BCUT2D eigenvalue weighted by Crippen LogP contribution is 2.30. The number of rotatable bonds is 8. The van der Waals surface area contributed by atoms with E-state index in [2.05, 4.69) is 27.8 Å². The zero-order valence-corrected chi connectivity index (χ0v) is 15.8. The summed E-state index contributed by atoms with van der Waals surface area (Å²) in [7, 11) is 5.04. The summed E-state index contributed by atoms with van der Waals surface area (Å²) < 4.78 is 16.1. The lowest BCUT2D eigenvalue weighted by molar-refractivity contribution is 0.311. The van der Waals surface area contributed by atoms with E-state index in [4.69, 9.17) is 14.2 Å². The van der Waals surface area contributed by atoms with E-state index in [0.717, 1.165) is 24.4 Å². The molecule has 0 spiro atoms. The average Bonchev–Trinajstić information content (AvgIpc) is 2.68. The molecule has 0 aliphatic rings. The summed E-state index contributed by atoms with van der Waals surface area (Å²) in [6.45, 7) is 3.29. The van der Waals surface area contributed by atoms with Gasteiger partial charge in [-0.25, -0.2) is 0 Å². The van der Waals surface area contributed by atoms with Crippen LogP contribution in [0.3, 0.4) is 0 Å². The van der Waals surface area contributed by atoms with Crippen molar-refractivity contribution in [2.75, 3.05) is 39.7 Å². The van der Waals surface area contributed by atoms with Gasteiger partial charge in [0.05, 0.1) is 20.8 Å². The number of nitrogens with zero attached hydrogens (tertiary/aromatic N) is 1. The van der Waals surface area contributed by atoms with E-state index in [-0.39, 0.29) is 0 Å². The third kappa shape index (κ3) is 5.58. The predicted octanol–water partition coefficient (Wildman–Crippen LogP) is 3.33. The molecule has 0 amide bonds. The van der Waals surface area contributed by atoms with Crippen molar-refractivity contribution in [3.05, 3.63) is 48.0 Å². The van der Waals surface area contributed by atoms with Gasteiger partial charge in [-0.3, -0.25) is 4.99 Å². The minimum atomic E-state index is 0.578. The largest absolute Gasteiger partial charge is 0.497 e. The van der Waals surface area contributed by atoms with E-state index in [9.17, 15) is 0 Å². The number of methoxy groups -OCH3 is 2. The first kappa shape index (κ1) is 19.4. The molecule has 0 saturated carbocycles. The lowest BCUT2D eigenvalue weighted by Gasteiger charge is -2.14. The Hall–Kier alpha value is -2.89. The van der Waals surface area contributed by atoms with Gasteiger partial charge in [-0.15, -0.1) is 0 Å². The van der Waals surface area contributed by atoms with Crippen LogP contribution in [-0.2, 0) is 6.42 Å². The summed E-state index contributed by atoms with van der Waals surface area (Å²) >= 11 is 0. The third-order valence-electron chi connectivity index (χ3n) is 3.81. The van der Waals surface area contributed by atoms with Crippen molar-refractivity contribution in [2.45, 2.75) is 13.3 Å². The number of guanidine groups is 1. The third-order valence-corrected chi connectivity index (χ3v) is 3.81. The van der Waals surface area contributed by atoms with Crippen LogP contribution in [0.5, 0.6) is 17.2 Å². The Bertz CT molecular complexity index is 715. The van der Waals surface area contributed by atoms with Gasteiger partial charge >= 0.3 is 0 Å². The predicted molar refractivity (Wildman–Crippen MR) is 106 cm³/mol. The Morgan fingerprint density at radius 2 is 1.77 bits per heavy atom. The second kappa shape index (κ2) is 10.2. The molecule has 2 rings (SSSR count). The SMILES string of the molecule is CCOc1cc(NC(=NC)NCCc2ccc(OC)cc2)ccc1OC. The van der Waals surface area contributed by atoms with Crippen molar-refractivity contribution < 1.29 is 14.2 Å². The standard InChI is InChI=1S/C20H27N3O3/c1-5-26-19-14-16(8-11-18(19)25-4)23-20(21-2)22-13-12-15-6-9-17(24-3)10-7-15/h6-11,14H,5,12-13H2,1-4H3,(H2,21,22,23). The highest BCUT2D eigenvalue weighted by atomic mass is 16.5. The average molecular weight is 357 g/mol. The molecule has 140 valence electrons. The number of nitrogens with one attached hydrogen (secondary N) is 2. The summed E-state index contributed by atoms with van der Waals surface area (Å²) in [5.41, 5.74) is 2.11. The monoisotopic (exact) mass is 357 g/mol. The molecule has 26 heavy (non-hydrogen) atoms. The van der Waals surface area contributed by atoms with Crippen LogP contribution >= 0.6 is 0 Å². The molecule has 2 N–H and O–H groups in total. The summed E-state index contributed by atoms with van der Waals surface area (Å²) in [6, 6.07) is 13.8. The van der Waals surface area contributed by atoms with Gasteiger partial charge in [0.2, 0.25) is 0 Å². The molecule has 0 atom stereocenters. The summed E-state index contributed by atoms with van der Waals surface area (Å²) in [4.78, 5) is 4.26. The van der Waals surface area contributed by atoms with Crippen molar-refractivity contribution >= 4 is 11.6 Å². The quantitative estimate of drug-likeness (QED) is 0.560. The molecule has 6 heteroatoms. The van der Waals surface area contributed by atoms with Gasteiger partial charge in [-0.2, -0.15) is 0 Å². The van der Waals surface area contributed by atoms with Gasteiger partial charge in [-0.1, -0.05) is 12.1 Å². The fourth-order valence-electron chi connectivity index (χ4n) is 2.46. The highest BCUT2D eigenvalue weighted by molar-refractivity contribution is 5.93. The van der Waals surface area contributed by atoms with Crippen LogP contribution < -0.4 is 24.8 Å². The van der Waals surface area contributed by atoms with Crippen LogP contribution in [0.4, 0.5) is 5.69 Å². The summed E-state index contributed by atoms with van der Waals surface area (Å²) in [6.07, 6.45) is 0.886. The fourth-order valence-corrected chi connectivity index (χ4v) is 2.46. The second-order valence-electron chi connectivity index (χ2n) is 5.52. The minimum absolute atomic E-state index is 0.578. The zero-order valence-electron chi connectivity index (χ0n) is 15.8. The Labute approximate surface area is 155 Å². The highest BCUT2D eigenvalue weighted by Gasteiger charge is 2.07. The molecule has 2 aromatic carbocycles. The first-order chi connectivity index (χ1) is 12.7. The number of ether oxygens (including phenoxy) is 3. The van der Waals surface area contributed by atoms with Crippen LogP contribution in [0.2, 0.25) is 0 Å². The first-order valence-electron chi connectivity index (χ1n) is 8.61. The molecule has 0 aliphatic heterocycles. The van der Waals surface area contributed by atoms with Crippen LogP contribution in [0.1, 0.15) is 12.5 Å². The molecule has 0 radical (unpaired) electrons.